The molecule has 0 aliphatic heterocycles. The molecule has 4 heteroatoms. The first-order valence-electron chi connectivity index (χ1n) is 6.35. The van der Waals surface area contributed by atoms with Crippen molar-refractivity contribution in [3.05, 3.63) is 29.6 Å². The van der Waals surface area contributed by atoms with Gasteiger partial charge in [0.05, 0.1) is 17.7 Å². The molecule has 1 N–H and O–H groups in total. The number of imidazole rings is 1. The number of unbranched alkanes of at least 4 members (excludes halogenated alkanes) is 2. The summed E-state index contributed by atoms with van der Waals surface area (Å²) in [5.41, 5.74) is 2.10. The Bertz CT molecular complexity index is 546. The standard InChI is InChI=1S/C14H18N2O2/c1-3-4-5-9-18-14(17)11-7-6-8-12-13(11)16-10(2)15-12/h6-8H,3-5,9H2,1-2H3,(H,15,16). The van der Waals surface area contributed by atoms with Gasteiger partial charge in [-0.25, -0.2) is 9.78 Å². The molecule has 96 valence electrons. The normalized spacial score (nSPS) is 10.8. The number of rotatable bonds is 5. The van der Waals surface area contributed by atoms with Gasteiger partial charge in [0, 0.05) is 0 Å². The molecule has 2 rings (SSSR count). The molecule has 0 unspecified atom stereocenters. The smallest absolute Gasteiger partial charge is 0.340 e. The third kappa shape index (κ3) is 2.70. The van der Waals surface area contributed by atoms with Crippen molar-refractivity contribution in [2.24, 2.45) is 0 Å². The van der Waals surface area contributed by atoms with Gasteiger partial charge in [0.25, 0.3) is 0 Å². The maximum absolute atomic E-state index is 12.0. The van der Waals surface area contributed by atoms with Crippen LogP contribution < -0.4 is 0 Å². The van der Waals surface area contributed by atoms with Gasteiger partial charge in [-0.3, -0.25) is 0 Å². The third-order valence-corrected chi connectivity index (χ3v) is 2.83. The van der Waals surface area contributed by atoms with E-state index in [1.54, 1.807) is 6.07 Å². The molecule has 2 aromatic rings. The monoisotopic (exact) mass is 246 g/mol. The Balaban J connectivity index is 2.12. The Morgan fingerprint density at radius 3 is 3.00 bits per heavy atom. The molecule has 1 heterocycles. The highest BCUT2D eigenvalue weighted by molar-refractivity contribution is 6.01. The van der Waals surface area contributed by atoms with Gasteiger partial charge in [0.1, 0.15) is 11.3 Å². The van der Waals surface area contributed by atoms with E-state index in [2.05, 4.69) is 16.9 Å². The topological polar surface area (TPSA) is 55.0 Å². The molecule has 0 bridgehead atoms. The number of aromatic nitrogens is 2. The van der Waals surface area contributed by atoms with E-state index in [0.717, 1.165) is 30.6 Å². The van der Waals surface area contributed by atoms with Crippen LogP contribution in [0, 0.1) is 6.92 Å². The second-order valence-electron chi connectivity index (χ2n) is 4.37. The van der Waals surface area contributed by atoms with E-state index < -0.39 is 0 Å². The van der Waals surface area contributed by atoms with Crippen molar-refractivity contribution in [2.75, 3.05) is 6.61 Å². The molecule has 1 aromatic heterocycles. The van der Waals surface area contributed by atoms with Gasteiger partial charge >= 0.3 is 5.97 Å². The molecule has 0 aliphatic carbocycles. The lowest BCUT2D eigenvalue weighted by atomic mass is 10.2. The van der Waals surface area contributed by atoms with E-state index in [9.17, 15) is 4.79 Å². The summed E-state index contributed by atoms with van der Waals surface area (Å²) >= 11 is 0. The first-order valence-corrected chi connectivity index (χ1v) is 6.35. The Labute approximate surface area is 106 Å². The van der Waals surface area contributed by atoms with Gasteiger partial charge in [-0.2, -0.15) is 0 Å². The maximum atomic E-state index is 12.0. The highest BCUT2D eigenvalue weighted by Gasteiger charge is 2.13. The number of hydrogen-bond donors (Lipinski definition) is 1. The number of carbonyl (C=O) groups excluding carboxylic acids is 1. The van der Waals surface area contributed by atoms with Crippen LogP contribution in [-0.2, 0) is 4.74 Å². The third-order valence-electron chi connectivity index (χ3n) is 2.83. The first kappa shape index (κ1) is 12.6. The van der Waals surface area contributed by atoms with Crippen LogP contribution in [0.25, 0.3) is 11.0 Å². The van der Waals surface area contributed by atoms with Crippen molar-refractivity contribution in [1.29, 1.82) is 0 Å². The number of carbonyl (C=O) groups is 1. The zero-order valence-corrected chi connectivity index (χ0v) is 10.8. The van der Waals surface area contributed by atoms with E-state index in [-0.39, 0.29) is 5.97 Å². The van der Waals surface area contributed by atoms with Crippen molar-refractivity contribution in [3.8, 4) is 0 Å². The molecule has 0 atom stereocenters. The summed E-state index contributed by atoms with van der Waals surface area (Å²) in [7, 11) is 0. The van der Waals surface area contributed by atoms with Crippen molar-refractivity contribution in [3.63, 3.8) is 0 Å². The van der Waals surface area contributed by atoms with Crippen molar-refractivity contribution < 1.29 is 9.53 Å². The quantitative estimate of drug-likeness (QED) is 0.651. The van der Waals surface area contributed by atoms with E-state index in [1.165, 1.54) is 0 Å². The lowest BCUT2D eigenvalue weighted by molar-refractivity contribution is 0.0500. The van der Waals surface area contributed by atoms with Crippen LogP contribution in [0.2, 0.25) is 0 Å². The Morgan fingerprint density at radius 1 is 1.39 bits per heavy atom. The summed E-state index contributed by atoms with van der Waals surface area (Å²) in [6.45, 7) is 4.47. The minimum Gasteiger partial charge on any atom is -0.462 e. The van der Waals surface area contributed by atoms with Crippen molar-refractivity contribution in [1.82, 2.24) is 9.97 Å². The van der Waals surface area contributed by atoms with Gasteiger partial charge in [0.2, 0.25) is 0 Å². The Morgan fingerprint density at radius 2 is 2.22 bits per heavy atom. The van der Waals surface area contributed by atoms with Gasteiger partial charge in [0.15, 0.2) is 0 Å². The fourth-order valence-electron chi connectivity index (χ4n) is 1.91. The molecule has 18 heavy (non-hydrogen) atoms. The number of fused-ring (bicyclic) bond motifs is 1. The summed E-state index contributed by atoms with van der Waals surface area (Å²) in [5.74, 6) is 0.513. The highest BCUT2D eigenvalue weighted by Crippen LogP contribution is 2.17. The number of para-hydroxylation sites is 1. The van der Waals surface area contributed by atoms with E-state index in [4.69, 9.17) is 4.74 Å². The Kier molecular flexibility index (Phi) is 3.97. The van der Waals surface area contributed by atoms with E-state index in [1.807, 2.05) is 19.1 Å². The predicted octanol–water partition coefficient (Wildman–Crippen LogP) is 3.22. The predicted molar refractivity (Wildman–Crippen MR) is 70.6 cm³/mol. The minimum atomic E-state index is -0.289. The summed E-state index contributed by atoms with van der Waals surface area (Å²) in [6, 6.07) is 5.50. The van der Waals surface area contributed by atoms with Crippen molar-refractivity contribution in [2.45, 2.75) is 33.1 Å². The molecule has 4 nitrogen and oxygen atoms in total. The van der Waals surface area contributed by atoms with E-state index in [0.29, 0.717) is 17.7 Å². The number of benzene rings is 1. The fraction of sp³-hybridized carbons (Fsp3) is 0.429. The molecule has 0 fully saturated rings. The van der Waals surface area contributed by atoms with Crippen LogP contribution in [-0.4, -0.2) is 22.5 Å². The van der Waals surface area contributed by atoms with Crippen LogP contribution in [0.3, 0.4) is 0 Å². The van der Waals surface area contributed by atoms with Crippen LogP contribution in [0.5, 0.6) is 0 Å². The van der Waals surface area contributed by atoms with E-state index >= 15 is 0 Å². The molecule has 0 saturated heterocycles. The molecule has 0 radical (unpaired) electrons. The zero-order valence-electron chi connectivity index (χ0n) is 10.8. The van der Waals surface area contributed by atoms with Crippen LogP contribution in [0.15, 0.2) is 18.2 Å². The summed E-state index contributed by atoms with van der Waals surface area (Å²) in [5, 5.41) is 0. The number of H-pyrrole nitrogens is 1. The van der Waals surface area contributed by atoms with Gasteiger partial charge in [-0.05, 0) is 25.5 Å². The number of nitrogens with zero attached hydrogens (tertiary/aromatic N) is 1. The number of esters is 1. The number of nitrogens with one attached hydrogen (secondary N) is 1. The van der Waals surface area contributed by atoms with Crippen molar-refractivity contribution >= 4 is 17.0 Å². The van der Waals surface area contributed by atoms with Crippen LogP contribution in [0.4, 0.5) is 0 Å². The lowest BCUT2D eigenvalue weighted by Gasteiger charge is -2.04. The van der Waals surface area contributed by atoms with Crippen LogP contribution in [0.1, 0.15) is 42.4 Å². The second kappa shape index (κ2) is 5.67. The Hall–Kier alpha value is -1.84. The summed E-state index contributed by atoms with van der Waals surface area (Å²) in [6.07, 6.45) is 3.11. The molecule has 0 amide bonds. The largest absolute Gasteiger partial charge is 0.462 e. The lowest BCUT2D eigenvalue weighted by Crippen LogP contribution is -2.07. The number of ether oxygens (including phenoxy) is 1. The number of hydrogen-bond acceptors (Lipinski definition) is 3. The zero-order chi connectivity index (χ0) is 13.0. The molecular weight excluding hydrogens is 228 g/mol. The summed E-state index contributed by atoms with van der Waals surface area (Å²) < 4.78 is 5.25. The second-order valence-corrected chi connectivity index (χ2v) is 4.37. The average Bonchev–Trinajstić information content (AvgIpc) is 2.74. The molecule has 0 aliphatic rings. The van der Waals surface area contributed by atoms with Gasteiger partial charge < -0.3 is 9.72 Å². The molecule has 0 spiro atoms. The SMILES string of the molecule is CCCCCOC(=O)c1cccc2[nH]c(C)nc12. The minimum absolute atomic E-state index is 0.289. The average molecular weight is 246 g/mol. The molecule has 0 saturated carbocycles. The fourth-order valence-corrected chi connectivity index (χ4v) is 1.91. The number of aryl methyl sites for hydroxylation is 1. The van der Waals surface area contributed by atoms with Gasteiger partial charge in [-0.15, -0.1) is 0 Å². The first-order chi connectivity index (χ1) is 8.72. The molecular formula is C14H18N2O2. The highest BCUT2D eigenvalue weighted by atomic mass is 16.5. The summed E-state index contributed by atoms with van der Waals surface area (Å²) in [4.78, 5) is 19.4. The molecule has 1 aromatic carbocycles. The van der Waals surface area contributed by atoms with Gasteiger partial charge in [-0.1, -0.05) is 25.8 Å². The maximum Gasteiger partial charge on any atom is 0.340 e. The van der Waals surface area contributed by atoms with Crippen LogP contribution >= 0.6 is 0 Å². The number of aromatic amines is 1.